The summed E-state index contributed by atoms with van der Waals surface area (Å²) < 4.78 is 15.6. The molecule has 1 atom stereocenters. The van der Waals surface area contributed by atoms with E-state index in [0.29, 0.717) is 17.1 Å². The first-order valence-electron chi connectivity index (χ1n) is 9.01. The second-order valence-corrected chi connectivity index (χ2v) is 6.56. The summed E-state index contributed by atoms with van der Waals surface area (Å²) in [6.45, 7) is 3.43. The van der Waals surface area contributed by atoms with Crippen molar-refractivity contribution in [2.24, 2.45) is 0 Å². The Bertz CT molecular complexity index is 989. The molecule has 0 bridgehead atoms. The molecule has 1 amide bonds. The quantitative estimate of drug-likeness (QED) is 0.461. The van der Waals surface area contributed by atoms with Crippen molar-refractivity contribution in [3.63, 3.8) is 0 Å². The van der Waals surface area contributed by atoms with Gasteiger partial charge in [0.25, 0.3) is 5.91 Å². The topological polar surface area (TPSA) is 97.7 Å². The van der Waals surface area contributed by atoms with Gasteiger partial charge < -0.3 is 19.5 Å². The number of benzene rings is 2. The van der Waals surface area contributed by atoms with Gasteiger partial charge in [-0.1, -0.05) is 35.9 Å². The fourth-order valence-electron chi connectivity index (χ4n) is 2.72. The molecule has 0 aliphatic carbocycles. The number of carbonyl (C=O) groups excluding carboxylic acids is 2. The van der Waals surface area contributed by atoms with Crippen LogP contribution < -0.4 is 14.8 Å². The molecule has 0 radical (unpaired) electrons. The normalized spacial score (nSPS) is 13.3. The molecular formula is C22H20N2O5. The van der Waals surface area contributed by atoms with E-state index in [2.05, 4.69) is 5.32 Å². The molecular weight excluding hydrogens is 372 g/mol. The summed E-state index contributed by atoms with van der Waals surface area (Å²) in [5.74, 6) is -0.0457. The van der Waals surface area contributed by atoms with Crippen LogP contribution in [0.15, 0.2) is 48.0 Å². The number of hydrogen-bond acceptors (Lipinski definition) is 6. The van der Waals surface area contributed by atoms with Crippen LogP contribution in [-0.4, -0.2) is 25.3 Å². The first-order valence-corrected chi connectivity index (χ1v) is 9.01. The zero-order chi connectivity index (χ0) is 20.8. The number of esters is 1. The van der Waals surface area contributed by atoms with E-state index in [1.807, 2.05) is 31.2 Å². The molecule has 0 saturated heterocycles. The van der Waals surface area contributed by atoms with Gasteiger partial charge in [-0.3, -0.25) is 4.79 Å². The minimum atomic E-state index is -0.848. The highest BCUT2D eigenvalue weighted by atomic mass is 16.7. The monoisotopic (exact) mass is 392 g/mol. The highest BCUT2D eigenvalue weighted by molar-refractivity contribution is 5.98. The van der Waals surface area contributed by atoms with Gasteiger partial charge in [-0.25, -0.2) is 4.79 Å². The Balaban J connectivity index is 1.54. The first-order chi connectivity index (χ1) is 14.0. The van der Waals surface area contributed by atoms with Gasteiger partial charge >= 0.3 is 5.97 Å². The maximum atomic E-state index is 12.1. The molecule has 0 unspecified atom stereocenters. The lowest BCUT2D eigenvalue weighted by molar-refractivity contribution is -0.144. The van der Waals surface area contributed by atoms with E-state index < -0.39 is 18.5 Å². The summed E-state index contributed by atoms with van der Waals surface area (Å²) >= 11 is 0. The van der Waals surface area contributed by atoms with Crippen molar-refractivity contribution in [3.8, 4) is 17.6 Å². The van der Waals surface area contributed by atoms with Crippen LogP contribution in [0.2, 0.25) is 0 Å². The van der Waals surface area contributed by atoms with E-state index in [1.165, 1.54) is 6.08 Å². The van der Waals surface area contributed by atoms with Crippen molar-refractivity contribution in [2.45, 2.75) is 19.9 Å². The van der Waals surface area contributed by atoms with Crippen molar-refractivity contribution in [3.05, 3.63) is 64.7 Å². The Morgan fingerprint density at radius 1 is 1.21 bits per heavy atom. The molecule has 1 heterocycles. The molecule has 0 spiro atoms. The first kappa shape index (κ1) is 20.0. The van der Waals surface area contributed by atoms with Gasteiger partial charge in [0, 0.05) is 0 Å². The van der Waals surface area contributed by atoms with Gasteiger partial charge in [0.2, 0.25) is 6.79 Å². The highest BCUT2D eigenvalue weighted by Crippen LogP contribution is 2.34. The average Bonchev–Trinajstić information content (AvgIpc) is 3.19. The van der Waals surface area contributed by atoms with Crippen LogP contribution in [0, 0.1) is 18.3 Å². The van der Waals surface area contributed by atoms with Crippen LogP contribution in [0.3, 0.4) is 0 Å². The molecule has 2 aromatic carbocycles. The van der Waals surface area contributed by atoms with Crippen LogP contribution >= 0.6 is 0 Å². The summed E-state index contributed by atoms with van der Waals surface area (Å²) in [4.78, 5) is 24.2. The van der Waals surface area contributed by atoms with E-state index in [0.717, 1.165) is 11.1 Å². The summed E-state index contributed by atoms with van der Waals surface area (Å²) in [6, 6.07) is 14.2. The summed E-state index contributed by atoms with van der Waals surface area (Å²) in [6.07, 6.45) is 1.43. The lowest BCUT2D eigenvalue weighted by Crippen LogP contribution is -2.31. The van der Waals surface area contributed by atoms with Crippen molar-refractivity contribution in [2.75, 3.05) is 13.4 Å². The lowest BCUT2D eigenvalue weighted by Gasteiger charge is -2.15. The number of nitrogens with one attached hydrogen (secondary N) is 1. The number of ether oxygens (including phenoxy) is 3. The van der Waals surface area contributed by atoms with E-state index in [9.17, 15) is 14.9 Å². The number of hydrogen-bond donors (Lipinski definition) is 1. The number of fused-ring (bicyclic) bond motifs is 1. The van der Waals surface area contributed by atoms with E-state index in [1.54, 1.807) is 31.2 Å². The Morgan fingerprint density at radius 2 is 1.93 bits per heavy atom. The number of aryl methyl sites for hydroxylation is 1. The Kier molecular flexibility index (Phi) is 6.15. The van der Waals surface area contributed by atoms with Gasteiger partial charge in [-0.2, -0.15) is 5.26 Å². The second-order valence-electron chi connectivity index (χ2n) is 6.56. The molecule has 0 aromatic heterocycles. The summed E-state index contributed by atoms with van der Waals surface area (Å²) in [5.41, 5.74) is 2.41. The van der Waals surface area contributed by atoms with Gasteiger partial charge in [0.05, 0.1) is 6.04 Å². The number of nitriles is 1. The zero-order valence-corrected chi connectivity index (χ0v) is 16.1. The van der Waals surface area contributed by atoms with Crippen molar-refractivity contribution >= 4 is 18.0 Å². The predicted molar refractivity (Wildman–Crippen MR) is 105 cm³/mol. The summed E-state index contributed by atoms with van der Waals surface area (Å²) in [7, 11) is 0. The third kappa shape index (κ3) is 5.14. The molecule has 148 valence electrons. The van der Waals surface area contributed by atoms with Crippen LogP contribution in [0.25, 0.3) is 6.08 Å². The van der Waals surface area contributed by atoms with Crippen molar-refractivity contribution in [1.29, 1.82) is 5.26 Å². The van der Waals surface area contributed by atoms with Gasteiger partial charge in [-0.15, -0.1) is 0 Å². The van der Waals surface area contributed by atoms with Crippen LogP contribution in [0.4, 0.5) is 0 Å². The molecule has 1 aliphatic heterocycles. The van der Waals surface area contributed by atoms with Gasteiger partial charge in [0.15, 0.2) is 18.1 Å². The zero-order valence-electron chi connectivity index (χ0n) is 16.1. The second kappa shape index (κ2) is 8.93. The Labute approximate surface area is 168 Å². The number of carbonyl (C=O) groups is 2. The largest absolute Gasteiger partial charge is 0.454 e. The SMILES string of the molecule is Cc1ccc(/C=C(\C#N)C(=O)OCC(=O)N[C@H](C)c2ccc3c(c2)OCO3)cc1. The molecule has 0 fully saturated rings. The molecule has 1 N–H and O–H groups in total. The number of rotatable bonds is 6. The molecule has 1 aliphatic rings. The van der Waals surface area contributed by atoms with Crippen LogP contribution in [0.5, 0.6) is 11.5 Å². The maximum absolute atomic E-state index is 12.1. The van der Waals surface area contributed by atoms with E-state index >= 15 is 0 Å². The molecule has 7 nitrogen and oxygen atoms in total. The van der Waals surface area contributed by atoms with Crippen LogP contribution in [-0.2, 0) is 14.3 Å². The lowest BCUT2D eigenvalue weighted by atomic mass is 10.1. The third-order valence-corrected chi connectivity index (χ3v) is 4.34. The molecule has 2 aromatic rings. The highest BCUT2D eigenvalue weighted by Gasteiger charge is 2.18. The number of amides is 1. The van der Waals surface area contributed by atoms with E-state index in [-0.39, 0.29) is 18.4 Å². The molecule has 0 saturated carbocycles. The van der Waals surface area contributed by atoms with Crippen molar-refractivity contribution < 1.29 is 23.8 Å². The predicted octanol–water partition coefficient (Wildman–Crippen LogP) is 3.05. The van der Waals surface area contributed by atoms with Crippen LogP contribution in [0.1, 0.15) is 29.7 Å². The van der Waals surface area contributed by atoms with Gasteiger partial charge in [0.1, 0.15) is 11.6 Å². The fraction of sp³-hybridized carbons (Fsp3) is 0.227. The van der Waals surface area contributed by atoms with Crippen molar-refractivity contribution in [1.82, 2.24) is 5.32 Å². The maximum Gasteiger partial charge on any atom is 0.349 e. The minimum Gasteiger partial charge on any atom is -0.454 e. The van der Waals surface area contributed by atoms with E-state index in [4.69, 9.17) is 14.2 Å². The Hall–Kier alpha value is -3.79. The molecule has 3 rings (SSSR count). The number of nitrogens with zero attached hydrogens (tertiary/aromatic N) is 1. The third-order valence-electron chi connectivity index (χ3n) is 4.34. The standard InChI is InChI=1S/C22H20N2O5/c1-14-3-5-16(6-4-14)9-18(11-23)22(26)27-12-21(25)24-15(2)17-7-8-19-20(10-17)29-13-28-19/h3-10,15H,12-13H2,1-2H3,(H,24,25)/b18-9+/t15-/m1/s1. The Morgan fingerprint density at radius 3 is 2.66 bits per heavy atom. The smallest absolute Gasteiger partial charge is 0.349 e. The minimum absolute atomic E-state index is 0.173. The average molecular weight is 392 g/mol. The molecule has 7 heteroatoms. The summed E-state index contributed by atoms with van der Waals surface area (Å²) in [5, 5.41) is 11.9. The van der Waals surface area contributed by atoms with Gasteiger partial charge in [-0.05, 0) is 43.2 Å². The molecule has 29 heavy (non-hydrogen) atoms. The fourth-order valence-corrected chi connectivity index (χ4v) is 2.72.